The number of hydrogen-bond acceptors (Lipinski definition) is 3. The Kier molecular flexibility index (Phi) is 3.54. The summed E-state index contributed by atoms with van der Waals surface area (Å²) in [6.07, 6.45) is 4.45. The normalized spacial score (nSPS) is 11.1. The van der Waals surface area contributed by atoms with E-state index in [0.29, 0.717) is 12.6 Å². The van der Waals surface area contributed by atoms with Gasteiger partial charge in [-0.3, -0.25) is 9.67 Å². The minimum atomic E-state index is 0.349. The van der Waals surface area contributed by atoms with Crippen molar-refractivity contribution < 1.29 is 0 Å². The van der Waals surface area contributed by atoms with Crippen molar-refractivity contribution in [1.29, 1.82) is 0 Å². The molecule has 0 aromatic carbocycles. The SMILES string of the molecule is CC(C)n1nc(-c2cccnc2)cc1CCN. The van der Waals surface area contributed by atoms with Gasteiger partial charge in [0.15, 0.2) is 0 Å². The number of hydrogen-bond donors (Lipinski definition) is 1. The van der Waals surface area contributed by atoms with Crippen molar-refractivity contribution in [3.8, 4) is 11.3 Å². The van der Waals surface area contributed by atoms with E-state index in [1.807, 2.05) is 23.0 Å². The Hall–Kier alpha value is -1.68. The highest BCUT2D eigenvalue weighted by molar-refractivity contribution is 5.57. The zero-order valence-electron chi connectivity index (χ0n) is 10.3. The molecule has 2 aromatic rings. The number of nitrogens with two attached hydrogens (primary N) is 1. The molecule has 0 atom stereocenters. The summed E-state index contributed by atoms with van der Waals surface area (Å²) in [5, 5.41) is 4.62. The maximum atomic E-state index is 5.62. The van der Waals surface area contributed by atoms with Crippen molar-refractivity contribution in [3.05, 3.63) is 36.3 Å². The lowest BCUT2D eigenvalue weighted by Crippen LogP contribution is -2.11. The van der Waals surface area contributed by atoms with E-state index in [1.165, 1.54) is 5.69 Å². The second-order valence-corrected chi connectivity index (χ2v) is 4.34. The second-order valence-electron chi connectivity index (χ2n) is 4.34. The summed E-state index contributed by atoms with van der Waals surface area (Å²) in [6.45, 7) is 4.89. The Morgan fingerprint density at radius 3 is 2.82 bits per heavy atom. The van der Waals surface area contributed by atoms with Gasteiger partial charge in [0.25, 0.3) is 0 Å². The summed E-state index contributed by atoms with van der Waals surface area (Å²) in [5.74, 6) is 0. The lowest BCUT2D eigenvalue weighted by molar-refractivity contribution is 0.510. The molecule has 0 unspecified atom stereocenters. The van der Waals surface area contributed by atoms with Gasteiger partial charge in [0.1, 0.15) is 0 Å². The molecule has 0 saturated carbocycles. The number of nitrogens with zero attached hydrogens (tertiary/aromatic N) is 3. The van der Waals surface area contributed by atoms with Crippen LogP contribution in [0.2, 0.25) is 0 Å². The molecule has 0 aliphatic heterocycles. The quantitative estimate of drug-likeness (QED) is 0.874. The summed E-state index contributed by atoms with van der Waals surface area (Å²) < 4.78 is 2.04. The highest BCUT2D eigenvalue weighted by atomic mass is 15.3. The van der Waals surface area contributed by atoms with Gasteiger partial charge in [-0.25, -0.2) is 0 Å². The molecule has 17 heavy (non-hydrogen) atoms. The highest BCUT2D eigenvalue weighted by Crippen LogP contribution is 2.20. The van der Waals surface area contributed by atoms with Gasteiger partial charge >= 0.3 is 0 Å². The van der Waals surface area contributed by atoms with Crippen molar-refractivity contribution in [2.45, 2.75) is 26.3 Å². The first-order valence-corrected chi connectivity index (χ1v) is 5.91. The number of pyridine rings is 1. The maximum absolute atomic E-state index is 5.62. The lowest BCUT2D eigenvalue weighted by Gasteiger charge is -2.09. The molecule has 0 bridgehead atoms. The molecule has 0 fully saturated rings. The van der Waals surface area contributed by atoms with E-state index in [4.69, 9.17) is 5.73 Å². The molecule has 0 aliphatic carbocycles. The van der Waals surface area contributed by atoms with Gasteiger partial charge in [-0.1, -0.05) is 0 Å². The predicted molar refractivity (Wildman–Crippen MR) is 68.6 cm³/mol. The van der Waals surface area contributed by atoms with Crippen LogP contribution in [0, 0.1) is 0 Å². The van der Waals surface area contributed by atoms with E-state index in [2.05, 4.69) is 30.0 Å². The molecule has 2 aromatic heterocycles. The van der Waals surface area contributed by atoms with Gasteiger partial charge in [0, 0.05) is 36.1 Å². The van der Waals surface area contributed by atoms with Crippen molar-refractivity contribution in [3.63, 3.8) is 0 Å². The van der Waals surface area contributed by atoms with Crippen molar-refractivity contribution in [2.75, 3.05) is 6.54 Å². The summed E-state index contributed by atoms with van der Waals surface area (Å²) >= 11 is 0. The minimum Gasteiger partial charge on any atom is -0.330 e. The standard InChI is InChI=1S/C13H18N4/c1-10(2)17-12(5-6-14)8-13(16-17)11-4-3-7-15-9-11/h3-4,7-10H,5-6,14H2,1-2H3. The smallest absolute Gasteiger partial charge is 0.0941 e. The molecule has 2 N–H and O–H groups in total. The van der Waals surface area contributed by atoms with Crippen LogP contribution in [0.1, 0.15) is 25.6 Å². The second kappa shape index (κ2) is 5.10. The van der Waals surface area contributed by atoms with Gasteiger partial charge in [0.05, 0.1) is 5.69 Å². The van der Waals surface area contributed by atoms with Gasteiger partial charge < -0.3 is 5.73 Å². The summed E-state index contributed by atoms with van der Waals surface area (Å²) in [4.78, 5) is 4.12. The first kappa shape index (κ1) is 11.8. The van der Waals surface area contributed by atoms with E-state index in [1.54, 1.807) is 6.20 Å². The fraction of sp³-hybridized carbons (Fsp3) is 0.385. The van der Waals surface area contributed by atoms with Gasteiger partial charge in [-0.15, -0.1) is 0 Å². The predicted octanol–water partition coefficient (Wildman–Crippen LogP) is 2.03. The first-order chi connectivity index (χ1) is 8.22. The van der Waals surface area contributed by atoms with Crippen LogP contribution in [0.3, 0.4) is 0 Å². The number of aromatic nitrogens is 3. The lowest BCUT2D eigenvalue weighted by atomic mass is 10.2. The van der Waals surface area contributed by atoms with Crippen LogP contribution in [-0.2, 0) is 6.42 Å². The van der Waals surface area contributed by atoms with Crippen LogP contribution >= 0.6 is 0 Å². The van der Waals surface area contributed by atoms with E-state index >= 15 is 0 Å². The Balaban J connectivity index is 2.40. The largest absolute Gasteiger partial charge is 0.330 e. The zero-order chi connectivity index (χ0) is 12.3. The zero-order valence-corrected chi connectivity index (χ0v) is 10.3. The minimum absolute atomic E-state index is 0.349. The molecule has 2 rings (SSSR count). The maximum Gasteiger partial charge on any atom is 0.0941 e. The molecule has 0 saturated heterocycles. The molecule has 0 amide bonds. The Morgan fingerprint density at radius 2 is 2.24 bits per heavy atom. The fourth-order valence-electron chi connectivity index (χ4n) is 1.87. The topological polar surface area (TPSA) is 56.7 Å². The third-order valence-corrected chi connectivity index (χ3v) is 2.66. The number of rotatable bonds is 4. The van der Waals surface area contributed by atoms with Gasteiger partial charge in [-0.2, -0.15) is 5.10 Å². The molecule has 0 aliphatic rings. The van der Waals surface area contributed by atoms with Crippen LogP contribution in [0.5, 0.6) is 0 Å². The van der Waals surface area contributed by atoms with E-state index in [0.717, 1.165) is 17.7 Å². The van der Waals surface area contributed by atoms with Gasteiger partial charge in [0.2, 0.25) is 0 Å². The molecule has 0 spiro atoms. The van der Waals surface area contributed by atoms with E-state index in [-0.39, 0.29) is 0 Å². The monoisotopic (exact) mass is 230 g/mol. The summed E-state index contributed by atoms with van der Waals surface area (Å²) in [5.41, 5.74) is 8.82. The molecular formula is C13H18N4. The summed E-state index contributed by atoms with van der Waals surface area (Å²) in [6, 6.07) is 6.39. The van der Waals surface area contributed by atoms with Crippen LogP contribution < -0.4 is 5.73 Å². The Bertz CT molecular complexity index is 473. The average molecular weight is 230 g/mol. The molecule has 0 radical (unpaired) electrons. The molecule has 2 heterocycles. The van der Waals surface area contributed by atoms with E-state index in [9.17, 15) is 0 Å². The van der Waals surface area contributed by atoms with Crippen molar-refractivity contribution >= 4 is 0 Å². The third-order valence-electron chi connectivity index (χ3n) is 2.66. The molecule has 4 nitrogen and oxygen atoms in total. The molecule has 90 valence electrons. The van der Waals surface area contributed by atoms with Crippen LogP contribution in [0.15, 0.2) is 30.6 Å². The fourth-order valence-corrected chi connectivity index (χ4v) is 1.87. The Morgan fingerprint density at radius 1 is 1.41 bits per heavy atom. The summed E-state index contributed by atoms with van der Waals surface area (Å²) in [7, 11) is 0. The average Bonchev–Trinajstić information content (AvgIpc) is 2.75. The van der Waals surface area contributed by atoms with Gasteiger partial charge in [-0.05, 0) is 38.6 Å². The van der Waals surface area contributed by atoms with Crippen LogP contribution in [0.4, 0.5) is 0 Å². The molecular weight excluding hydrogens is 212 g/mol. The van der Waals surface area contributed by atoms with E-state index < -0.39 is 0 Å². The van der Waals surface area contributed by atoms with Crippen LogP contribution in [0.25, 0.3) is 11.3 Å². The Labute approximate surface area is 101 Å². The van der Waals surface area contributed by atoms with Crippen molar-refractivity contribution in [1.82, 2.24) is 14.8 Å². The highest BCUT2D eigenvalue weighted by Gasteiger charge is 2.11. The first-order valence-electron chi connectivity index (χ1n) is 5.91. The third kappa shape index (κ3) is 2.53. The molecule has 4 heteroatoms. The van der Waals surface area contributed by atoms with Crippen LogP contribution in [-0.4, -0.2) is 21.3 Å². The van der Waals surface area contributed by atoms with Crippen molar-refractivity contribution in [2.24, 2.45) is 5.73 Å².